The van der Waals surface area contributed by atoms with E-state index < -0.39 is 5.82 Å². The average molecular weight is 292 g/mol. The van der Waals surface area contributed by atoms with Crippen molar-refractivity contribution in [2.24, 2.45) is 12.8 Å². The van der Waals surface area contributed by atoms with Crippen molar-refractivity contribution in [3.63, 3.8) is 0 Å². The Bertz CT molecular complexity index is 663. The van der Waals surface area contributed by atoms with Crippen molar-refractivity contribution in [2.45, 2.75) is 20.4 Å². The van der Waals surface area contributed by atoms with E-state index in [4.69, 9.17) is 18.0 Å². The molecule has 0 spiro atoms. The van der Waals surface area contributed by atoms with Gasteiger partial charge in [0.15, 0.2) is 0 Å². The molecule has 0 unspecified atom stereocenters. The number of nitrogens with one attached hydrogen (secondary N) is 1. The van der Waals surface area contributed by atoms with Crippen LogP contribution in [0.1, 0.15) is 22.5 Å². The van der Waals surface area contributed by atoms with E-state index in [1.54, 1.807) is 12.1 Å². The number of rotatable bonds is 4. The van der Waals surface area contributed by atoms with Gasteiger partial charge < -0.3 is 11.1 Å². The number of nitrogens with zero attached hydrogens (tertiary/aromatic N) is 2. The molecule has 0 radical (unpaired) electrons. The maximum absolute atomic E-state index is 13.8. The van der Waals surface area contributed by atoms with Crippen molar-refractivity contribution >= 4 is 22.9 Å². The van der Waals surface area contributed by atoms with Crippen LogP contribution in [-0.4, -0.2) is 14.8 Å². The number of aryl methyl sites for hydroxylation is 2. The number of thiocarbonyl (C=S) groups is 1. The topological polar surface area (TPSA) is 55.9 Å². The lowest BCUT2D eigenvalue weighted by molar-refractivity contribution is 0.626. The molecule has 0 aliphatic rings. The summed E-state index contributed by atoms with van der Waals surface area (Å²) >= 11 is 4.90. The summed E-state index contributed by atoms with van der Waals surface area (Å²) in [5.41, 5.74) is 9.54. The van der Waals surface area contributed by atoms with Crippen molar-refractivity contribution in [1.29, 1.82) is 0 Å². The SMILES string of the molecule is Cc1nn(C)c(C)c1CNc1cccc(F)c1C(N)=S. The molecule has 0 atom stereocenters. The minimum Gasteiger partial charge on any atom is -0.389 e. The van der Waals surface area contributed by atoms with Crippen LogP contribution in [0.5, 0.6) is 0 Å². The molecule has 20 heavy (non-hydrogen) atoms. The smallest absolute Gasteiger partial charge is 0.135 e. The first-order chi connectivity index (χ1) is 9.41. The lowest BCUT2D eigenvalue weighted by Crippen LogP contribution is -2.15. The largest absolute Gasteiger partial charge is 0.389 e. The summed E-state index contributed by atoms with van der Waals surface area (Å²) in [5.74, 6) is -0.415. The van der Waals surface area contributed by atoms with E-state index in [1.165, 1.54) is 6.07 Å². The molecule has 2 rings (SSSR count). The Hall–Kier alpha value is -1.95. The fourth-order valence-electron chi connectivity index (χ4n) is 2.18. The van der Waals surface area contributed by atoms with Gasteiger partial charge in [0.25, 0.3) is 0 Å². The molecule has 0 saturated carbocycles. The number of nitrogens with two attached hydrogens (primary N) is 1. The van der Waals surface area contributed by atoms with Crippen LogP contribution in [0.3, 0.4) is 0 Å². The van der Waals surface area contributed by atoms with E-state index in [-0.39, 0.29) is 10.6 Å². The first-order valence-electron chi connectivity index (χ1n) is 6.23. The molecular formula is C14H17FN4S. The highest BCUT2D eigenvalue weighted by Gasteiger charge is 2.13. The first-order valence-corrected chi connectivity index (χ1v) is 6.64. The van der Waals surface area contributed by atoms with Gasteiger partial charge in [-0.25, -0.2) is 4.39 Å². The number of hydrogen-bond donors (Lipinski definition) is 2. The summed E-state index contributed by atoms with van der Waals surface area (Å²) in [4.78, 5) is 0.0465. The van der Waals surface area contributed by atoms with Gasteiger partial charge in [-0.05, 0) is 26.0 Å². The second-order valence-corrected chi connectivity index (χ2v) is 5.09. The summed E-state index contributed by atoms with van der Waals surface area (Å²) in [7, 11) is 1.90. The van der Waals surface area contributed by atoms with Crippen molar-refractivity contribution in [3.05, 3.63) is 46.5 Å². The summed E-state index contributed by atoms with van der Waals surface area (Å²) in [5, 5.41) is 7.54. The Morgan fingerprint density at radius 1 is 1.45 bits per heavy atom. The van der Waals surface area contributed by atoms with Gasteiger partial charge in [-0.2, -0.15) is 5.10 Å². The Kier molecular flexibility index (Phi) is 4.04. The van der Waals surface area contributed by atoms with Crippen LogP contribution in [-0.2, 0) is 13.6 Å². The van der Waals surface area contributed by atoms with Crippen LogP contribution in [0.15, 0.2) is 18.2 Å². The molecule has 0 aliphatic heterocycles. The number of aromatic nitrogens is 2. The molecule has 2 aromatic rings. The maximum atomic E-state index is 13.8. The van der Waals surface area contributed by atoms with Crippen molar-refractivity contribution in [3.8, 4) is 0 Å². The third kappa shape index (κ3) is 2.65. The predicted octanol–water partition coefficient (Wildman–Crippen LogP) is 2.42. The molecule has 0 saturated heterocycles. The monoisotopic (exact) mass is 292 g/mol. The average Bonchev–Trinajstić information content (AvgIpc) is 2.61. The molecular weight excluding hydrogens is 275 g/mol. The Labute approximate surface area is 122 Å². The van der Waals surface area contributed by atoms with Gasteiger partial charge in [-0.1, -0.05) is 18.3 Å². The second-order valence-electron chi connectivity index (χ2n) is 4.65. The number of halogens is 1. The predicted molar refractivity (Wildman–Crippen MR) is 82.3 cm³/mol. The van der Waals surface area contributed by atoms with Crippen LogP contribution in [0, 0.1) is 19.7 Å². The minimum absolute atomic E-state index is 0.0465. The van der Waals surface area contributed by atoms with E-state index in [1.807, 2.05) is 25.6 Å². The van der Waals surface area contributed by atoms with Gasteiger partial charge >= 0.3 is 0 Å². The Morgan fingerprint density at radius 2 is 2.15 bits per heavy atom. The third-order valence-corrected chi connectivity index (χ3v) is 3.58. The van der Waals surface area contributed by atoms with Gasteiger partial charge in [0.2, 0.25) is 0 Å². The van der Waals surface area contributed by atoms with E-state index in [2.05, 4.69) is 10.4 Å². The van der Waals surface area contributed by atoms with Crippen molar-refractivity contribution < 1.29 is 4.39 Å². The first kappa shape index (κ1) is 14.5. The van der Waals surface area contributed by atoms with Gasteiger partial charge in [0, 0.05) is 30.5 Å². The summed E-state index contributed by atoms with van der Waals surface area (Å²) in [6.45, 7) is 4.49. The van der Waals surface area contributed by atoms with E-state index >= 15 is 0 Å². The molecule has 0 aliphatic carbocycles. The quantitative estimate of drug-likeness (QED) is 0.850. The summed E-state index contributed by atoms with van der Waals surface area (Å²) in [6.07, 6.45) is 0. The normalized spacial score (nSPS) is 10.6. The lowest BCUT2D eigenvalue weighted by atomic mass is 10.1. The Balaban J connectivity index is 2.28. The highest BCUT2D eigenvalue weighted by atomic mass is 32.1. The number of benzene rings is 1. The number of hydrogen-bond acceptors (Lipinski definition) is 3. The van der Waals surface area contributed by atoms with Crippen LogP contribution >= 0.6 is 12.2 Å². The van der Waals surface area contributed by atoms with Gasteiger partial charge in [0.1, 0.15) is 10.8 Å². The van der Waals surface area contributed by atoms with Gasteiger partial charge in [0.05, 0.1) is 11.3 Å². The van der Waals surface area contributed by atoms with Gasteiger partial charge in [-0.3, -0.25) is 4.68 Å². The fraction of sp³-hybridized carbons (Fsp3) is 0.286. The zero-order valence-corrected chi connectivity index (χ0v) is 12.5. The molecule has 0 amide bonds. The standard InChI is InChI=1S/C14H17FN4S/c1-8-10(9(2)19(3)18-8)7-17-12-6-4-5-11(15)13(12)14(16)20/h4-6,17H,7H2,1-3H3,(H2,16,20). The highest BCUT2D eigenvalue weighted by Crippen LogP contribution is 2.21. The third-order valence-electron chi connectivity index (χ3n) is 3.37. The molecule has 0 bridgehead atoms. The summed E-state index contributed by atoms with van der Waals surface area (Å²) < 4.78 is 15.6. The van der Waals surface area contributed by atoms with Crippen LogP contribution < -0.4 is 11.1 Å². The van der Waals surface area contributed by atoms with E-state index in [9.17, 15) is 4.39 Å². The lowest BCUT2D eigenvalue weighted by Gasteiger charge is -2.12. The zero-order valence-electron chi connectivity index (χ0n) is 11.7. The highest BCUT2D eigenvalue weighted by molar-refractivity contribution is 7.80. The molecule has 4 nitrogen and oxygen atoms in total. The van der Waals surface area contributed by atoms with Gasteiger partial charge in [-0.15, -0.1) is 0 Å². The van der Waals surface area contributed by atoms with Crippen molar-refractivity contribution in [1.82, 2.24) is 9.78 Å². The van der Waals surface area contributed by atoms with Crippen LogP contribution in [0.4, 0.5) is 10.1 Å². The molecule has 106 valence electrons. The summed E-state index contributed by atoms with van der Waals surface area (Å²) in [6, 6.07) is 4.74. The van der Waals surface area contributed by atoms with Crippen LogP contribution in [0.25, 0.3) is 0 Å². The molecule has 1 heterocycles. The number of anilines is 1. The maximum Gasteiger partial charge on any atom is 0.135 e. The molecule has 1 aromatic carbocycles. The van der Waals surface area contributed by atoms with Crippen molar-refractivity contribution in [2.75, 3.05) is 5.32 Å². The minimum atomic E-state index is -0.415. The second kappa shape index (κ2) is 5.58. The fourth-order valence-corrected chi connectivity index (χ4v) is 2.39. The van der Waals surface area contributed by atoms with E-state index in [0.717, 1.165) is 17.0 Å². The zero-order chi connectivity index (χ0) is 14.9. The molecule has 6 heteroatoms. The molecule has 3 N–H and O–H groups in total. The Morgan fingerprint density at radius 3 is 2.70 bits per heavy atom. The van der Waals surface area contributed by atoms with E-state index in [0.29, 0.717) is 12.2 Å². The van der Waals surface area contributed by atoms with Crippen LogP contribution in [0.2, 0.25) is 0 Å². The molecule has 1 aromatic heterocycles. The molecule has 0 fully saturated rings.